The minimum Gasteiger partial charge on any atom is -0.367 e. The van der Waals surface area contributed by atoms with Gasteiger partial charge < -0.3 is 10.2 Å². The van der Waals surface area contributed by atoms with Crippen molar-refractivity contribution in [1.29, 1.82) is 0 Å². The molecule has 0 aliphatic carbocycles. The van der Waals surface area contributed by atoms with Gasteiger partial charge in [-0.3, -0.25) is 0 Å². The van der Waals surface area contributed by atoms with Gasteiger partial charge in [0.2, 0.25) is 0 Å². The van der Waals surface area contributed by atoms with Crippen LogP contribution in [0.3, 0.4) is 0 Å². The van der Waals surface area contributed by atoms with Gasteiger partial charge in [-0.05, 0) is 43.0 Å². The lowest BCUT2D eigenvalue weighted by atomic mass is 9.83. The summed E-state index contributed by atoms with van der Waals surface area (Å²) in [6, 6.07) is 9.47. The summed E-state index contributed by atoms with van der Waals surface area (Å²) in [6.07, 6.45) is 3.59. The van der Waals surface area contributed by atoms with Gasteiger partial charge in [0.05, 0.1) is 0 Å². The average Bonchev–Trinajstić information content (AvgIpc) is 2.47. The van der Waals surface area contributed by atoms with Crippen LogP contribution in [-0.4, -0.2) is 19.6 Å². The summed E-state index contributed by atoms with van der Waals surface area (Å²) in [5, 5.41) is 3.46. The van der Waals surface area contributed by atoms with Gasteiger partial charge in [0.15, 0.2) is 0 Å². The average molecular weight is 286 g/mol. The third-order valence-corrected chi connectivity index (χ3v) is 4.44. The Kier molecular flexibility index (Phi) is 5.10. The molecule has 0 aromatic heterocycles. The molecule has 116 valence electrons. The predicted octanol–water partition coefficient (Wildman–Crippen LogP) is 4.54. The van der Waals surface area contributed by atoms with Crippen LogP contribution in [0, 0.1) is 5.41 Å². The van der Waals surface area contributed by atoms with Gasteiger partial charge >= 0.3 is 0 Å². The molecule has 0 amide bonds. The molecule has 2 rings (SSSR count). The lowest BCUT2D eigenvalue weighted by Gasteiger charge is -2.33. The minimum absolute atomic E-state index is 0.317. The predicted molar refractivity (Wildman–Crippen MR) is 92.9 cm³/mol. The number of hydrogen-bond donors (Lipinski definition) is 1. The Balaban J connectivity index is 2.03. The Hall–Kier alpha value is -1.28. The van der Waals surface area contributed by atoms with Crippen molar-refractivity contribution in [1.82, 2.24) is 5.32 Å². The van der Waals surface area contributed by atoms with Gasteiger partial charge in [-0.2, -0.15) is 0 Å². The van der Waals surface area contributed by atoms with Crippen molar-refractivity contribution >= 4 is 5.69 Å². The molecule has 2 heteroatoms. The second-order valence-corrected chi connectivity index (χ2v) is 7.05. The number of anilines is 1. The fourth-order valence-corrected chi connectivity index (χ4v) is 2.98. The summed E-state index contributed by atoms with van der Waals surface area (Å²) in [6.45, 7) is 14.5. The topological polar surface area (TPSA) is 15.3 Å². The van der Waals surface area contributed by atoms with E-state index in [4.69, 9.17) is 0 Å². The Morgan fingerprint density at radius 2 is 1.86 bits per heavy atom. The SMILES string of the molecule is CCNC(C)c1ccc(N2CC=C(C(C)(C)C)CC2)cc1. The van der Waals surface area contributed by atoms with E-state index in [1.54, 1.807) is 5.57 Å². The maximum absolute atomic E-state index is 3.46. The molecule has 0 radical (unpaired) electrons. The zero-order chi connectivity index (χ0) is 15.5. The zero-order valence-corrected chi connectivity index (χ0v) is 14.2. The normalized spacial score (nSPS) is 17.6. The lowest BCUT2D eigenvalue weighted by Crippen LogP contribution is -2.31. The summed E-state index contributed by atoms with van der Waals surface area (Å²) >= 11 is 0. The molecular weight excluding hydrogens is 256 g/mol. The quantitative estimate of drug-likeness (QED) is 0.817. The molecule has 0 bridgehead atoms. The lowest BCUT2D eigenvalue weighted by molar-refractivity contribution is 0.472. The van der Waals surface area contributed by atoms with E-state index < -0.39 is 0 Å². The fraction of sp³-hybridized carbons (Fsp3) is 0.579. The summed E-state index contributed by atoms with van der Waals surface area (Å²) in [7, 11) is 0. The maximum Gasteiger partial charge on any atom is 0.0369 e. The molecule has 1 N–H and O–H groups in total. The van der Waals surface area contributed by atoms with E-state index >= 15 is 0 Å². The van der Waals surface area contributed by atoms with Gasteiger partial charge in [-0.25, -0.2) is 0 Å². The van der Waals surface area contributed by atoms with Crippen LogP contribution in [0.2, 0.25) is 0 Å². The second-order valence-electron chi connectivity index (χ2n) is 7.05. The molecule has 21 heavy (non-hydrogen) atoms. The van der Waals surface area contributed by atoms with Gasteiger partial charge in [-0.15, -0.1) is 0 Å². The van der Waals surface area contributed by atoms with E-state index in [1.165, 1.54) is 17.7 Å². The fourth-order valence-electron chi connectivity index (χ4n) is 2.98. The van der Waals surface area contributed by atoms with Crippen LogP contribution in [0.1, 0.15) is 52.6 Å². The van der Waals surface area contributed by atoms with E-state index in [0.717, 1.165) is 19.6 Å². The highest BCUT2D eigenvalue weighted by Gasteiger charge is 2.21. The van der Waals surface area contributed by atoms with Gasteiger partial charge in [-0.1, -0.05) is 51.5 Å². The van der Waals surface area contributed by atoms with E-state index in [0.29, 0.717) is 11.5 Å². The standard InChI is InChI=1S/C19H30N2/c1-6-20-15(2)16-7-9-18(10-8-16)21-13-11-17(12-14-21)19(3,4)5/h7-11,15,20H,6,12-14H2,1-5H3. The van der Waals surface area contributed by atoms with E-state index in [-0.39, 0.29) is 0 Å². The molecule has 0 spiro atoms. The van der Waals surface area contributed by atoms with Crippen LogP contribution >= 0.6 is 0 Å². The molecule has 1 aliphatic rings. The molecule has 1 heterocycles. The first-order chi connectivity index (χ1) is 9.91. The molecule has 1 aromatic rings. The van der Waals surface area contributed by atoms with Crippen molar-refractivity contribution in [2.75, 3.05) is 24.5 Å². The monoisotopic (exact) mass is 286 g/mol. The highest BCUT2D eigenvalue weighted by atomic mass is 15.1. The van der Waals surface area contributed by atoms with Crippen molar-refractivity contribution in [3.63, 3.8) is 0 Å². The first kappa shape index (κ1) is 16.1. The molecule has 0 fully saturated rings. The Morgan fingerprint density at radius 1 is 1.19 bits per heavy atom. The largest absolute Gasteiger partial charge is 0.367 e. The highest BCUT2D eigenvalue weighted by Crippen LogP contribution is 2.31. The second kappa shape index (κ2) is 6.65. The van der Waals surface area contributed by atoms with Crippen LogP contribution in [0.25, 0.3) is 0 Å². The molecule has 1 aliphatic heterocycles. The Bertz CT molecular complexity index is 479. The van der Waals surface area contributed by atoms with Crippen molar-refractivity contribution in [2.24, 2.45) is 5.41 Å². The number of benzene rings is 1. The van der Waals surface area contributed by atoms with Crippen LogP contribution in [0.15, 0.2) is 35.9 Å². The molecular formula is C19H30N2. The van der Waals surface area contributed by atoms with E-state index in [1.807, 2.05) is 0 Å². The molecule has 0 saturated heterocycles. The number of nitrogens with one attached hydrogen (secondary N) is 1. The van der Waals surface area contributed by atoms with Gasteiger partial charge in [0, 0.05) is 24.8 Å². The third-order valence-electron chi connectivity index (χ3n) is 4.44. The van der Waals surface area contributed by atoms with Crippen LogP contribution in [0.4, 0.5) is 5.69 Å². The first-order valence-electron chi connectivity index (χ1n) is 8.19. The first-order valence-corrected chi connectivity index (χ1v) is 8.19. The minimum atomic E-state index is 0.317. The number of rotatable bonds is 4. The Labute approximate surface area is 130 Å². The summed E-state index contributed by atoms with van der Waals surface area (Å²) in [5.74, 6) is 0. The van der Waals surface area contributed by atoms with Crippen molar-refractivity contribution in [2.45, 2.75) is 47.1 Å². The summed E-state index contributed by atoms with van der Waals surface area (Å²) in [5.41, 5.74) is 4.61. The zero-order valence-electron chi connectivity index (χ0n) is 14.2. The summed E-state index contributed by atoms with van der Waals surface area (Å²) < 4.78 is 0. The number of hydrogen-bond acceptors (Lipinski definition) is 2. The third kappa shape index (κ3) is 4.10. The van der Waals surface area contributed by atoms with E-state index in [9.17, 15) is 0 Å². The molecule has 1 aromatic carbocycles. The molecule has 1 atom stereocenters. The van der Waals surface area contributed by atoms with Crippen molar-refractivity contribution < 1.29 is 0 Å². The maximum atomic E-state index is 3.46. The van der Waals surface area contributed by atoms with Crippen molar-refractivity contribution in [3.8, 4) is 0 Å². The van der Waals surface area contributed by atoms with Crippen LogP contribution in [-0.2, 0) is 0 Å². The Morgan fingerprint density at radius 3 is 2.33 bits per heavy atom. The number of nitrogens with zero attached hydrogens (tertiary/aromatic N) is 1. The van der Waals surface area contributed by atoms with Gasteiger partial charge in [0.25, 0.3) is 0 Å². The molecule has 2 nitrogen and oxygen atoms in total. The molecule has 1 unspecified atom stereocenters. The molecule has 0 saturated carbocycles. The van der Waals surface area contributed by atoms with Crippen LogP contribution in [0.5, 0.6) is 0 Å². The summed E-state index contributed by atoms with van der Waals surface area (Å²) in [4.78, 5) is 2.47. The highest BCUT2D eigenvalue weighted by molar-refractivity contribution is 5.50. The van der Waals surface area contributed by atoms with E-state index in [2.05, 4.69) is 75.2 Å². The smallest absolute Gasteiger partial charge is 0.0369 e. The van der Waals surface area contributed by atoms with Gasteiger partial charge in [0.1, 0.15) is 0 Å². The van der Waals surface area contributed by atoms with Crippen molar-refractivity contribution in [3.05, 3.63) is 41.5 Å². The van der Waals surface area contributed by atoms with Crippen LogP contribution < -0.4 is 10.2 Å².